The molecule has 0 heterocycles. The third-order valence-corrected chi connectivity index (χ3v) is 2.69. The second kappa shape index (κ2) is 5.50. The predicted octanol–water partition coefficient (Wildman–Crippen LogP) is 3.85. The Balaban J connectivity index is 2.51. The van der Waals surface area contributed by atoms with Crippen LogP contribution >= 0.6 is 34.2 Å². The molecule has 3 heteroatoms. The maximum Gasteiger partial charge on any atom is 0.0369 e. The number of benzene rings is 1. The number of hydrogen-bond acceptors (Lipinski definition) is 1. The van der Waals surface area contributed by atoms with Crippen LogP contribution in [0.3, 0.4) is 0 Å². The van der Waals surface area contributed by atoms with E-state index in [4.69, 9.17) is 11.6 Å². The second-order valence-electron chi connectivity index (χ2n) is 2.82. The average Bonchev–Trinajstić information content (AvgIpc) is 2.16. The molecule has 1 aromatic carbocycles. The van der Waals surface area contributed by atoms with Crippen molar-refractivity contribution < 1.29 is 0 Å². The molecule has 0 unspecified atom stereocenters. The van der Waals surface area contributed by atoms with E-state index in [1.165, 1.54) is 3.57 Å². The van der Waals surface area contributed by atoms with Gasteiger partial charge in [-0.3, -0.25) is 0 Å². The quantitative estimate of drug-likeness (QED) is 0.837. The van der Waals surface area contributed by atoms with Gasteiger partial charge in [-0.2, -0.15) is 0 Å². The minimum atomic E-state index is 0.796. The van der Waals surface area contributed by atoms with Crippen LogP contribution in [0.15, 0.2) is 35.4 Å². The summed E-state index contributed by atoms with van der Waals surface area (Å²) < 4.78 is 1.24. The number of nitrogens with one attached hydrogen (secondary N) is 1. The van der Waals surface area contributed by atoms with Crippen molar-refractivity contribution >= 4 is 39.9 Å². The van der Waals surface area contributed by atoms with Gasteiger partial charge < -0.3 is 5.32 Å². The molecular formula is C10H11ClIN. The van der Waals surface area contributed by atoms with Gasteiger partial charge in [-0.25, -0.2) is 0 Å². The second-order valence-corrected chi connectivity index (χ2v) is 4.28. The zero-order valence-corrected chi connectivity index (χ0v) is 10.3. The van der Waals surface area contributed by atoms with Crippen molar-refractivity contribution in [2.24, 2.45) is 0 Å². The van der Waals surface area contributed by atoms with Crippen LogP contribution < -0.4 is 5.32 Å². The van der Waals surface area contributed by atoms with E-state index >= 15 is 0 Å². The fourth-order valence-corrected chi connectivity index (χ4v) is 1.28. The molecule has 0 aliphatic heterocycles. The van der Waals surface area contributed by atoms with E-state index < -0.39 is 0 Å². The SMILES string of the molecule is C/C(=C/Cl)CNc1ccc(I)cc1. The molecule has 0 aromatic heterocycles. The summed E-state index contributed by atoms with van der Waals surface area (Å²) in [6, 6.07) is 8.26. The Kier molecular flexibility index (Phi) is 4.59. The maximum atomic E-state index is 5.54. The molecule has 0 aliphatic carbocycles. The summed E-state index contributed by atoms with van der Waals surface area (Å²) in [5.41, 5.74) is 3.85. The number of halogens is 2. The summed E-state index contributed by atoms with van der Waals surface area (Å²) >= 11 is 7.83. The van der Waals surface area contributed by atoms with E-state index in [0.29, 0.717) is 0 Å². The molecule has 0 spiro atoms. The summed E-state index contributed by atoms with van der Waals surface area (Å²) in [7, 11) is 0. The lowest BCUT2D eigenvalue weighted by Crippen LogP contribution is -2.01. The third-order valence-electron chi connectivity index (χ3n) is 1.60. The van der Waals surface area contributed by atoms with Crippen molar-refractivity contribution in [1.82, 2.24) is 0 Å². The standard InChI is InChI=1S/C10H11ClIN/c1-8(6-11)7-13-10-4-2-9(12)3-5-10/h2-6,13H,7H2,1H3/b8-6-. The molecule has 70 valence electrons. The summed E-state index contributed by atoms with van der Waals surface area (Å²) in [6.45, 7) is 2.79. The first-order valence-electron chi connectivity index (χ1n) is 3.97. The van der Waals surface area contributed by atoms with E-state index in [9.17, 15) is 0 Å². The first kappa shape index (κ1) is 10.9. The smallest absolute Gasteiger partial charge is 0.0369 e. The van der Waals surface area contributed by atoms with E-state index in [1.807, 2.05) is 6.92 Å². The first-order valence-corrected chi connectivity index (χ1v) is 5.49. The van der Waals surface area contributed by atoms with Gasteiger partial charge in [-0.15, -0.1) is 0 Å². The van der Waals surface area contributed by atoms with Crippen LogP contribution in [0.25, 0.3) is 0 Å². The highest BCUT2D eigenvalue weighted by atomic mass is 127. The van der Waals surface area contributed by atoms with Gasteiger partial charge in [0.15, 0.2) is 0 Å². The largest absolute Gasteiger partial charge is 0.381 e. The molecule has 1 nitrogen and oxygen atoms in total. The monoisotopic (exact) mass is 307 g/mol. The molecule has 0 fully saturated rings. The Hall–Kier alpha value is -0.220. The van der Waals surface area contributed by atoms with Gasteiger partial charge >= 0.3 is 0 Å². The lowest BCUT2D eigenvalue weighted by molar-refractivity contribution is 1.21. The highest BCUT2D eigenvalue weighted by molar-refractivity contribution is 14.1. The summed E-state index contributed by atoms with van der Waals surface area (Å²) in [4.78, 5) is 0. The molecule has 1 rings (SSSR count). The normalized spacial score (nSPS) is 11.5. The van der Waals surface area contributed by atoms with Crippen LogP contribution in [-0.4, -0.2) is 6.54 Å². The Morgan fingerprint density at radius 3 is 2.62 bits per heavy atom. The van der Waals surface area contributed by atoms with Gasteiger partial charge in [0.05, 0.1) is 0 Å². The van der Waals surface area contributed by atoms with Crippen LogP contribution in [0.5, 0.6) is 0 Å². The van der Waals surface area contributed by atoms with Crippen molar-refractivity contribution in [2.45, 2.75) is 6.92 Å². The lowest BCUT2D eigenvalue weighted by atomic mass is 10.3. The Morgan fingerprint density at radius 1 is 1.46 bits per heavy atom. The molecule has 1 aromatic rings. The molecule has 0 amide bonds. The Labute approximate surface area is 97.3 Å². The Bertz CT molecular complexity index is 292. The fraction of sp³-hybridized carbons (Fsp3) is 0.200. The minimum absolute atomic E-state index is 0.796. The minimum Gasteiger partial charge on any atom is -0.381 e. The average molecular weight is 308 g/mol. The number of hydrogen-bond donors (Lipinski definition) is 1. The highest BCUT2D eigenvalue weighted by Crippen LogP contribution is 2.11. The molecular weight excluding hydrogens is 296 g/mol. The Morgan fingerprint density at radius 2 is 2.08 bits per heavy atom. The van der Waals surface area contributed by atoms with E-state index in [-0.39, 0.29) is 0 Å². The maximum absolute atomic E-state index is 5.54. The molecule has 0 saturated heterocycles. The van der Waals surface area contributed by atoms with Crippen molar-refractivity contribution in [3.05, 3.63) is 38.9 Å². The number of rotatable bonds is 3. The molecule has 0 saturated carbocycles. The molecule has 0 aliphatic rings. The van der Waals surface area contributed by atoms with Gasteiger partial charge in [0.2, 0.25) is 0 Å². The summed E-state index contributed by atoms with van der Waals surface area (Å²) in [6.07, 6.45) is 0. The van der Waals surface area contributed by atoms with Crippen LogP contribution in [0.1, 0.15) is 6.92 Å². The van der Waals surface area contributed by atoms with Crippen molar-refractivity contribution in [1.29, 1.82) is 0 Å². The van der Waals surface area contributed by atoms with Crippen LogP contribution in [0.4, 0.5) is 5.69 Å². The van der Waals surface area contributed by atoms with Gasteiger partial charge in [0.1, 0.15) is 0 Å². The summed E-state index contributed by atoms with van der Waals surface area (Å²) in [5.74, 6) is 0. The first-order chi connectivity index (χ1) is 6.22. The zero-order valence-electron chi connectivity index (χ0n) is 7.35. The third kappa shape index (κ3) is 4.00. The van der Waals surface area contributed by atoms with E-state index in [1.54, 1.807) is 5.54 Å². The molecule has 0 radical (unpaired) electrons. The van der Waals surface area contributed by atoms with Crippen molar-refractivity contribution in [2.75, 3.05) is 11.9 Å². The van der Waals surface area contributed by atoms with Gasteiger partial charge in [0, 0.05) is 21.3 Å². The van der Waals surface area contributed by atoms with Crippen LogP contribution in [-0.2, 0) is 0 Å². The lowest BCUT2D eigenvalue weighted by Gasteiger charge is -2.05. The van der Waals surface area contributed by atoms with Gasteiger partial charge in [-0.05, 0) is 59.4 Å². The summed E-state index contributed by atoms with van der Waals surface area (Å²) in [5, 5.41) is 3.27. The molecule has 0 bridgehead atoms. The molecule has 0 atom stereocenters. The predicted molar refractivity (Wildman–Crippen MR) is 67.3 cm³/mol. The van der Waals surface area contributed by atoms with Gasteiger partial charge in [-0.1, -0.05) is 11.6 Å². The van der Waals surface area contributed by atoms with Crippen molar-refractivity contribution in [3.8, 4) is 0 Å². The van der Waals surface area contributed by atoms with Crippen molar-refractivity contribution in [3.63, 3.8) is 0 Å². The van der Waals surface area contributed by atoms with Gasteiger partial charge in [0.25, 0.3) is 0 Å². The highest BCUT2D eigenvalue weighted by Gasteiger charge is 1.91. The molecule has 1 N–H and O–H groups in total. The molecule has 13 heavy (non-hydrogen) atoms. The van der Waals surface area contributed by atoms with E-state index in [2.05, 4.69) is 52.2 Å². The van der Waals surface area contributed by atoms with E-state index in [0.717, 1.165) is 17.8 Å². The number of anilines is 1. The van der Waals surface area contributed by atoms with Crippen LogP contribution in [0.2, 0.25) is 0 Å². The fourth-order valence-electron chi connectivity index (χ4n) is 0.848. The van der Waals surface area contributed by atoms with Crippen LogP contribution in [0, 0.1) is 3.57 Å². The zero-order chi connectivity index (χ0) is 9.68. The topological polar surface area (TPSA) is 12.0 Å².